The van der Waals surface area contributed by atoms with Crippen molar-refractivity contribution in [2.24, 2.45) is 0 Å². The average Bonchev–Trinajstić information content (AvgIpc) is 2.10. The molecule has 82 valence electrons. The topological polar surface area (TPSA) is 40.5 Å². The van der Waals surface area contributed by atoms with Crippen molar-refractivity contribution >= 4 is 21.9 Å². The van der Waals surface area contributed by atoms with Crippen molar-refractivity contribution in [3.63, 3.8) is 0 Å². The van der Waals surface area contributed by atoms with Gasteiger partial charge in [0, 0.05) is 11.0 Å². The molecule has 0 fully saturated rings. The standard InChI is InChI=1S/C11H14BrNO2/c1-8-3-4-10(12)5-9(8)6-13(2)7-11(14)15/h3-5H,6-7H2,1-2H3,(H,14,15). The Hall–Kier alpha value is -0.870. The Labute approximate surface area is 97.8 Å². The van der Waals surface area contributed by atoms with Crippen LogP contribution in [0.4, 0.5) is 0 Å². The molecule has 0 spiro atoms. The number of aliphatic carboxylic acids is 1. The molecule has 0 aliphatic heterocycles. The molecule has 0 saturated heterocycles. The molecule has 0 aliphatic carbocycles. The Kier molecular flexibility index (Phi) is 4.29. The van der Waals surface area contributed by atoms with E-state index >= 15 is 0 Å². The molecule has 15 heavy (non-hydrogen) atoms. The van der Waals surface area contributed by atoms with Crippen molar-refractivity contribution in [1.82, 2.24) is 4.90 Å². The van der Waals surface area contributed by atoms with Crippen LogP contribution >= 0.6 is 15.9 Å². The van der Waals surface area contributed by atoms with Gasteiger partial charge in [0.05, 0.1) is 6.54 Å². The Morgan fingerprint density at radius 2 is 2.20 bits per heavy atom. The number of likely N-dealkylation sites (N-methyl/N-ethyl adjacent to an activating group) is 1. The molecule has 1 aromatic carbocycles. The number of carboxylic acids is 1. The Balaban J connectivity index is 2.71. The number of rotatable bonds is 4. The van der Waals surface area contributed by atoms with E-state index in [1.165, 1.54) is 5.56 Å². The highest BCUT2D eigenvalue weighted by molar-refractivity contribution is 9.10. The normalized spacial score (nSPS) is 10.7. The summed E-state index contributed by atoms with van der Waals surface area (Å²) in [5, 5.41) is 8.63. The summed E-state index contributed by atoms with van der Waals surface area (Å²) in [6, 6.07) is 6.03. The number of aryl methyl sites for hydroxylation is 1. The van der Waals surface area contributed by atoms with Crippen LogP contribution in [0.25, 0.3) is 0 Å². The summed E-state index contributed by atoms with van der Waals surface area (Å²) in [6.45, 7) is 2.74. The smallest absolute Gasteiger partial charge is 0.317 e. The summed E-state index contributed by atoms with van der Waals surface area (Å²) >= 11 is 3.40. The van der Waals surface area contributed by atoms with Crippen molar-refractivity contribution in [2.75, 3.05) is 13.6 Å². The monoisotopic (exact) mass is 271 g/mol. The number of carbonyl (C=O) groups is 1. The second-order valence-corrected chi connectivity index (χ2v) is 4.55. The zero-order valence-corrected chi connectivity index (χ0v) is 10.4. The van der Waals surface area contributed by atoms with Gasteiger partial charge in [0.15, 0.2) is 0 Å². The van der Waals surface area contributed by atoms with Crippen LogP contribution in [0.1, 0.15) is 11.1 Å². The van der Waals surface area contributed by atoms with Gasteiger partial charge in [0.2, 0.25) is 0 Å². The first kappa shape index (κ1) is 12.2. The predicted molar refractivity (Wildman–Crippen MR) is 62.8 cm³/mol. The first-order valence-corrected chi connectivity index (χ1v) is 5.43. The highest BCUT2D eigenvalue weighted by Gasteiger charge is 2.07. The van der Waals surface area contributed by atoms with Crippen molar-refractivity contribution in [1.29, 1.82) is 0 Å². The highest BCUT2D eigenvalue weighted by Crippen LogP contribution is 2.17. The van der Waals surface area contributed by atoms with Gasteiger partial charge >= 0.3 is 5.97 Å². The van der Waals surface area contributed by atoms with Crippen LogP contribution in [0.5, 0.6) is 0 Å². The van der Waals surface area contributed by atoms with Gasteiger partial charge in [0.1, 0.15) is 0 Å². The number of halogens is 1. The molecule has 1 N–H and O–H groups in total. The summed E-state index contributed by atoms with van der Waals surface area (Å²) in [7, 11) is 1.80. The molecule has 0 atom stereocenters. The number of benzene rings is 1. The second kappa shape index (κ2) is 5.28. The lowest BCUT2D eigenvalue weighted by molar-refractivity contribution is -0.138. The van der Waals surface area contributed by atoms with E-state index in [1.807, 2.05) is 25.1 Å². The van der Waals surface area contributed by atoms with E-state index in [2.05, 4.69) is 15.9 Å². The molecule has 0 radical (unpaired) electrons. The fraction of sp³-hybridized carbons (Fsp3) is 0.364. The van der Waals surface area contributed by atoms with E-state index in [-0.39, 0.29) is 6.54 Å². The van der Waals surface area contributed by atoms with Gasteiger partial charge in [-0.15, -0.1) is 0 Å². The van der Waals surface area contributed by atoms with Gasteiger partial charge in [-0.25, -0.2) is 0 Å². The minimum atomic E-state index is -0.801. The fourth-order valence-corrected chi connectivity index (χ4v) is 1.80. The van der Waals surface area contributed by atoms with Crippen molar-refractivity contribution in [3.05, 3.63) is 33.8 Å². The molecule has 1 aromatic rings. The molecular formula is C11H14BrNO2. The molecule has 0 bridgehead atoms. The number of hydrogen-bond donors (Lipinski definition) is 1. The minimum absolute atomic E-state index is 0.0615. The van der Waals surface area contributed by atoms with E-state index in [1.54, 1.807) is 11.9 Å². The molecule has 0 amide bonds. The lowest BCUT2D eigenvalue weighted by Crippen LogP contribution is -2.25. The molecule has 4 heteroatoms. The fourth-order valence-electron chi connectivity index (χ4n) is 1.39. The molecule has 0 aliphatic rings. The van der Waals surface area contributed by atoms with Gasteiger partial charge in [0.25, 0.3) is 0 Å². The third kappa shape index (κ3) is 4.01. The number of carboxylic acid groups (broad SMARTS) is 1. The van der Waals surface area contributed by atoms with Gasteiger partial charge in [-0.3, -0.25) is 9.69 Å². The third-order valence-electron chi connectivity index (χ3n) is 2.16. The Morgan fingerprint density at radius 3 is 2.80 bits per heavy atom. The SMILES string of the molecule is Cc1ccc(Br)cc1CN(C)CC(=O)O. The zero-order chi connectivity index (χ0) is 11.4. The summed E-state index contributed by atoms with van der Waals surface area (Å²) < 4.78 is 1.02. The second-order valence-electron chi connectivity index (χ2n) is 3.64. The van der Waals surface area contributed by atoms with E-state index in [9.17, 15) is 4.79 Å². The van der Waals surface area contributed by atoms with Gasteiger partial charge in [-0.05, 0) is 37.2 Å². The summed E-state index contributed by atoms with van der Waals surface area (Å²) in [5.74, 6) is -0.801. The van der Waals surface area contributed by atoms with Crippen molar-refractivity contribution in [3.8, 4) is 0 Å². The Bertz CT molecular complexity index is 366. The van der Waals surface area contributed by atoms with E-state index < -0.39 is 5.97 Å². The lowest BCUT2D eigenvalue weighted by Gasteiger charge is -2.15. The number of nitrogens with zero attached hydrogens (tertiary/aromatic N) is 1. The molecule has 1 rings (SSSR count). The largest absolute Gasteiger partial charge is 0.480 e. The van der Waals surface area contributed by atoms with Crippen LogP contribution in [0, 0.1) is 6.92 Å². The van der Waals surface area contributed by atoms with E-state index in [4.69, 9.17) is 5.11 Å². The lowest BCUT2D eigenvalue weighted by atomic mass is 10.1. The first-order chi connectivity index (χ1) is 6.99. The first-order valence-electron chi connectivity index (χ1n) is 4.64. The predicted octanol–water partition coefficient (Wildman–Crippen LogP) is 2.27. The molecule has 0 aromatic heterocycles. The van der Waals surface area contributed by atoms with Crippen LogP contribution in [0.3, 0.4) is 0 Å². The van der Waals surface area contributed by atoms with Crippen molar-refractivity contribution in [2.45, 2.75) is 13.5 Å². The van der Waals surface area contributed by atoms with Crippen LogP contribution in [0.15, 0.2) is 22.7 Å². The summed E-state index contributed by atoms with van der Waals surface area (Å²) in [6.07, 6.45) is 0. The molecule has 0 heterocycles. The summed E-state index contributed by atoms with van der Waals surface area (Å²) in [4.78, 5) is 12.3. The summed E-state index contributed by atoms with van der Waals surface area (Å²) in [5.41, 5.74) is 2.32. The van der Waals surface area contributed by atoms with E-state index in [0.717, 1.165) is 10.0 Å². The third-order valence-corrected chi connectivity index (χ3v) is 2.65. The maximum Gasteiger partial charge on any atom is 0.317 e. The zero-order valence-electron chi connectivity index (χ0n) is 8.83. The maximum atomic E-state index is 10.5. The maximum absolute atomic E-state index is 10.5. The molecule has 3 nitrogen and oxygen atoms in total. The minimum Gasteiger partial charge on any atom is -0.480 e. The van der Waals surface area contributed by atoms with Crippen LogP contribution in [-0.2, 0) is 11.3 Å². The average molecular weight is 272 g/mol. The number of hydrogen-bond acceptors (Lipinski definition) is 2. The molecular weight excluding hydrogens is 258 g/mol. The molecule has 0 unspecified atom stereocenters. The van der Waals surface area contributed by atoms with Crippen LogP contribution in [-0.4, -0.2) is 29.6 Å². The van der Waals surface area contributed by atoms with Gasteiger partial charge in [-0.2, -0.15) is 0 Å². The van der Waals surface area contributed by atoms with E-state index in [0.29, 0.717) is 6.54 Å². The van der Waals surface area contributed by atoms with Gasteiger partial charge < -0.3 is 5.11 Å². The quantitative estimate of drug-likeness (QED) is 0.914. The highest BCUT2D eigenvalue weighted by atomic mass is 79.9. The van der Waals surface area contributed by atoms with Gasteiger partial charge in [-0.1, -0.05) is 22.0 Å². The van der Waals surface area contributed by atoms with Crippen LogP contribution < -0.4 is 0 Å². The van der Waals surface area contributed by atoms with Crippen molar-refractivity contribution < 1.29 is 9.90 Å². The molecule has 0 saturated carbocycles. The van der Waals surface area contributed by atoms with Crippen LogP contribution in [0.2, 0.25) is 0 Å². The Morgan fingerprint density at radius 1 is 1.53 bits per heavy atom.